The third-order valence-electron chi connectivity index (χ3n) is 4.60. The predicted octanol–water partition coefficient (Wildman–Crippen LogP) is 2.17. The minimum Gasteiger partial charge on any atom is -0.445 e. The largest absolute Gasteiger partial charge is 0.445 e. The molecule has 0 bridgehead atoms. The van der Waals surface area contributed by atoms with Crippen molar-refractivity contribution in [1.82, 2.24) is 15.0 Å². The van der Waals surface area contributed by atoms with Crippen LogP contribution in [0.1, 0.15) is 35.7 Å². The van der Waals surface area contributed by atoms with E-state index in [0.29, 0.717) is 24.3 Å². The molecule has 1 fully saturated rings. The van der Waals surface area contributed by atoms with Crippen molar-refractivity contribution in [3.63, 3.8) is 0 Å². The smallest absolute Gasteiger partial charge is 0.408 e. The van der Waals surface area contributed by atoms with Crippen molar-refractivity contribution in [1.29, 1.82) is 0 Å². The molecule has 1 aliphatic heterocycles. The highest BCUT2D eigenvalue weighted by Gasteiger charge is 2.33. The van der Waals surface area contributed by atoms with Gasteiger partial charge in [-0.15, -0.1) is 0 Å². The molecule has 1 aliphatic rings. The third-order valence-corrected chi connectivity index (χ3v) is 5.41. The Bertz CT molecular complexity index is 870. The van der Waals surface area contributed by atoms with Gasteiger partial charge in [-0.25, -0.2) is 9.17 Å². The summed E-state index contributed by atoms with van der Waals surface area (Å²) >= 11 is 1.08. The predicted molar refractivity (Wildman–Crippen MR) is 105 cm³/mol. The maximum atomic E-state index is 12.9. The second-order valence-electron chi connectivity index (χ2n) is 6.68. The van der Waals surface area contributed by atoms with Crippen LogP contribution >= 0.6 is 11.5 Å². The van der Waals surface area contributed by atoms with Crippen LogP contribution in [0.2, 0.25) is 0 Å². The molecule has 1 aromatic carbocycles. The fourth-order valence-electron chi connectivity index (χ4n) is 3.08. The monoisotopic (exact) mass is 415 g/mol. The number of alkyl carbamates (subject to hydrolysis) is 1. The molecule has 8 nitrogen and oxygen atoms in total. The summed E-state index contributed by atoms with van der Waals surface area (Å²) in [7, 11) is 0. The van der Waals surface area contributed by atoms with Crippen molar-refractivity contribution in [2.75, 3.05) is 6.54 Å². The van der Waals surface area contributed by atoms with E-state index in [1.54, 1.807) is 6.07 Å². The zero-order valence-electron chi connectivity index (χ0n) is 15.6. The van der Waals surface area contributed by atoms with Gasteiger partial charge in [0.1, 0.15) is 12.6 Å². The fraction of sp³-hybridized carbons (Fsp3) is 0.350. The van der Waals surface area contributed by atoms with Crippen LogP contribution in [0.25, 0.3) is 0 Å². The molecule has 0 radical (unpaired) electrons. The van der Waals surface area contributed by atoms with Gasteiger partial charge < -0.3 is 15.4 Å². The van der Waals surface area contributed by atoms with E-state index < -0.39 is 29.7 Å². The lowest BCUT2D eigenvalue weighted by molar-refractivity contribution is -0.140. The van der Waals surface area contributed by atoms with Crippen molar-refractivity contribution in [2.45, 2.75) is 31.9 Å². The number of benzene rings is 1. The first-order valence-electron chi connectivity index (χ1n) is 9.27. The summed E-state index contributed by atoms with van der Waals surface area (Å²) in [4.78, 5) is 49.6. The zero-order valence-corrected chi connectivity index (χ0v) is 16.4. The number of carbonyl (C=O) groups excluding carboxylic acids is 4. The molecule has 2 aromatic rings. The Balaban J connectivity index is 1.65. The first-order chi connectivity index (χ1) is 14.0. The van der Waals surface area contributed by atoms with E-state index in [1.165, 1.54) is 6.20 Å². The summed E-state index contributed by atoms with van der Waals surface area (Å²) in [6.45, 7) is 0.481. The number of ketones is 2. The lowest BCUT2D eigenvalue weighted by atomic mass is 9.91. The van der Waals surface area contributed by atoms with E-state index in [1.807, 2.05) is 30.3 Å². The number of ether oxygens (including phenoxy) is 1. The molecular weight excluding hydrogens is 394 g/mol. The SMILES string of the molecule is O=C(NC(C(=O)CC1CCCNC(=O)C1=O)c1ccns1)OCc1ccccc1. The zero-order chi connectivity index (χ0) is 20.6. The first kappa shape index (κ1) is 20.7. The minimum atomic E-state index is -0.982. The molecule has 0 aliphatic carbocycles. The maximum absolute atomic E-state index is 12.9. The van der Waals surface area contributed by atoms with E-state index in [0.717, 1.165) is 17.1 Å². The van der Waals surface area contributed by atoms with Gasteiger partial charge in [0.25, 0.3) is 5.91 Å². The Morgan fingerprint density at radius 1 is 1.24 bits per heavy atom. The summed E-state index contributed by atoms with van der Waals surface area (Å²) in [5, 5.41) is 5.09. The highest BCUT2D eigenvalue weighted by atomic mass is 32.1. The highest BCUT2D eigenvalue weighted by Crippen LogP contribution is 2.24. The molecule has 2 unspecified atom stereocenters. The molecule has 2 amide bonds. The van der Waals surface area contributed by atoms with E-state index >= 15 is 0 Å². The van der Waals surface area contributed by atoms with Crippen molar-refractivity contribution in [3.05, 3.63) is 53.0 Å². The number of carbonyl (C=O) groups is 4. The number of nitrogens with one attached hydrogen (secondary N) is 2. The molecule has 29 heavy (non-hydrogen) atoms. The summed E-state index contributed by atoms with van der Waals surface area (Å²) in [6.07, 6.45) is 1.71. The summed E-state index contributed by atoms with van der Waals surface area (Å²) in [6, 6.07) is 9.82. The Morgan fingerprint density at radius 3 is 2.76 bits per heavy atom. The lowest BCUT2D eigenvalue weighted by Crippen LogP contribution is -2.37. The molecular formula is C20H21N3O5S. The van der Waals surface area contributed by atoms with Gasteiger partial charge in [-0.05, 0) is 36.0 Å². The van der Waals surface area contributed by atoms with Gasteiger partial charge in [-0.3, -0.25) is 14.4 Å². The molecule has 3 rings (SSSR count). The van der Waals surface area contributed by atoms with Gasteiger partial charge in [0.05, 0.1) is 4.88 Å². The number of hydrogen-bond donors (Lipinski definition) is 2. The van der Waals surface area contributed by atoms with Crippen molar-refractivity contribution in [2.24, 2.45) is 5.92 Å². The average Bonchev–Trinajstić information content (AvgIpc) is 3.22. The van der Waals surface area contributed by atoms with E-state index in [9.17, 15) is 19.2 Å². The topological polar surface area (TPSA) is 114 Å². The molecule has 2 atom stereocenters. The van der Waals surface area contributed by atoms with Gasteiger partial charge >= 0.3 is 6.09 Å². The first-order valence-corrected chi connectivity index (χ1v) is 10.0. The van der Waals surface area contributed by atoms with Crippen LogP contribution in [0.5, 0.6) is 0 Å². The molecule has 152 valence electrons. The fourth-order valence-corrected chi connectivity index (χ4v) is 3.74. The Labute approximate surface area is 171 Å². The summed E-state index contributed by atoms with van der Waals surface area (Å²) < 4.78 is 9.19. The molecule has 1 aromatic heterocycles. The van der Waals surface area contributed by atoms with Crippen molar-refractivity contribution < 1.29 is 23.9 Å². The molecule has 2 heterocycles. The molecule has 9 heteroatoms. The average molecular weight is 415 g/mol. The maximum Gasteiger partial charge on any atom is 0.408 e. The van der Waals surface area contributed by atoms with Crippen LogP contribution in [-0.2, 0) is 25.7 Å². The van der Waals surface area contributed by atoms with E-state index in [-0.39, 0.29) is 18.8 Å². The van der Waals surface area contributed by atoms with Crippen LogP contribution in [0.15, 0.2) is 42.6 Å². The summed E-state index contributed by atoms with van der Waals surface area (Å²) in [5.41, 5.74) is 0.818. The van der Waals surface area contributed by atoms with Crippen LogP contribution in [0, 0.1) is 5.92 Å². The third kappa shape index (κ3) is 5.71. The van der Waals surface area contributed by atoms with Crippen LogP contribution < -0.4 is 10.6 Å². The second kappa shape index (κ2) is 9.92. The highest BCUT2D eigenvalue weighted by molar-refractivity contribution is 7.05. The molecule has 1 saturated heterocycles. The van der Waals surface area contributed by atoms with Crippen LogP contribution in [-0.4, -0.2) is 34.5 Å². The van der Waals surface area contributed by atoms with Crippen LogP contribution in [0.3, 0.4) is 0 Å². The Morgan fingerprint density at radius 2 is 2.03 bits per heavy atom. The molecule has 0 spiro atoms. The number of aromatic nitrogens is 1. The number of rotatable bonds is 7. The van der Waals surface area contributed by atoms with E-state index in [4.69, 9.17) is 4.74 Å². The molecule has 2 N–H and O–H groups in total. The standard InChI is InChI=1S/C20H21N3O5S/c24-15(11-14-7-4-9-21-19(26)18(14)25)17(16-8-10-22-29-16)23-20(27)28-12-13-5-2-1-3-6-13/h1-3,5-6,8,10,14,17H,4,7,9,11-12H2,(H,21,26)(H,23,27). The number of amides is 2. The number of nitrogens with zero attached hydrogens (tertiary/aromatic N) is 1. The second-order valence-corrected chi connectivity index (χ2v) is 7.55. The lowest BCUT2D eigenvalue weighted by Gasteiger charge is -2.18. The van der Waals surface area contributed by atoms with Gasteiger partial charge in [0.15, 0.2) is 5.78 Å². The van der Waals surface area contributed by atoms with Gasteiger partial charge in [-0.1, -0.05) is 30.3 Å². The van der Waals surface area contributed by atoms with Crippen molar-refractivity contribution >= 4 is 35.1 Å². The van der Waals surface area contributed by atoms with E-state index in [2.05, 4.69) is 15.0 Å². The van der Waals surface area contributed by atoms with Gasteiger partial charge in [0, 0.05) is 25.1 Å². The Hall–Kier alpha value is -3.07. The van der Waals surface area contributed by atoms with Crippen molar-refractivity contribution in [3.8, 4) is 0 Å². The number of hydrogen-bond acceptors (Lipinski definition) is 7. The minimum absolute atomic E-state index is 0.0670. The number of Topliss-reactive ketones (excluding diaryl/α,β-unsaturated/α-hetero) is 2. The van der Waals surface area contributed by atoms with Crippen LogP contribution in [0.4, 0.5) is 4.79 Å². The molecule has 0 saturated carbocycles. The Kier molecular flexibility index (Phi) is 7.07. The normalized spacial score (nSPS) is 17.7. The summed E-state index contributed by atoms with van der Waals surface area (Å²) in [5.74, 6) is -2.31. The van der Waals surface area contributed by atoms with Gasteiger partial charge in [-0.2, -0.15) is 0 Å². The quantitative estimate of drug-likeness (QED) is 0.670. The van der Waals surface area contributed by atoms with Gasteiger partial charge in [0.2, 0.25) is 5.78 Å².